The van der Waals surface area contributed by atoms with Gasteiger partial charge in [-0.05, 0) is 58.9 Å². The number of hydrogen-bond donors (Lipinski definition) is 3. The van der Waals surface area contributed by atoms with Crippen molar-refractivity contribution in [2.75, 3.05) is 11.9 Å². The van der Waals surface area contributed by atoms with Gasteiger partial charge in [-0.3, -0.25) is 4.79 Å². The van der Waals surface area contributed by atoms with Gasteiger partial charge in [0.2, 0.25) is 5.91 Å². The first kappa shape index (κ1) is 24.0. The van der Waals surface area contributed by atoms with E-state index < -0.39 is 24.0 Å². The number of fused-ring (bicyclic) bond motifs is 3. The quantitative estimate of drug-likeness (QED) is 0.414. The van der Waals surface area contributed by atoms with Crippen LogP contribution < -0.4 is 10.6 Å². The van der Waals surface area contributed by atoms with Crippen molar-refractivity contribution in [1.82, 2.24) is 5.32 Å². The molecule has 180 valence electrons. The lowest BCUT2D eigenvalue weighted by Crippen LogP contribution is -2.45. The molecule has 0 aliphatic heterocycles. The number of rotatable bonds is 8. The number of alkyl carbamates (subject to hydrolysis) is 1. The maximum absolute atomic E-state index is 12.9. The van der Waals surface area contributed by atoms with E-state index >= 15 is 0 Å². The highest BCUT2D eigenvalue weighted by Gasteiger charge is 2.30. The van der Waals surface area contributed by atoms with Crippen LogP contribution in [0, 0.1) is 5.92 Å². The summed E-state index contributed by atoms with van der Waals surface area (Å²) in [7, 11) is 0. The Hall–Kier alpha value is -4.13. The van der Waals surface area contributed by atoms with Crippen LogP contribution in [0.5, 0.6) is 0 Å². The fourth-order valence-corrected chi connectivity index (χ4v) is 4.41. The molecule has 0 heterocycles. The SMILES string of the molecule is CC(C)C[C@H](NC(=O)OCC1c2ccccc2-c2ccccc21)C(=O)Nc1ccc(C(=O)O)cc1. The van der Waals surface area contributed by atoms with E-state index in [9.17, 15) is 14.4 Å². The van der Waals surface area contributed by atoms with Gasteiger partial charge in [-0.15, -0.1) is 0 Å². The van der Waals surface area contributed by atoms with Gasteiger partial charge in [0.25, 0.3) is 0 Å². The lowest BCUT2D eigenvalue weighted by molar-refractivity contribution is -0.118. The molecule has 0 fully saturated rings. The molecule has 1 atom stereocenters. The van der Waals surface area contributed by atoms with Crippen molar-refractivity contribution in [3.05, 3.63) is 89.5 Å². The van der Waals surface area contributed by atoms with E-state index in [0.29, 0.717) is 12.1 Å². The molecule has 0 spiro atoms. The molecule has 0 bridgehead atoms. The van der Waals surface area contributed by atoms with Gasteiger partial charge in [0.15, 0.2) is 0 Å². The van der Waals surface area contributed by atoms with E-state index in [2.05, 4.69) is 22.8 Å². The van der Waals surface area contributed by atoms with E-state index in [-0.39, 0.29) is 24.0 Å². The number of anilines is 1. The van der Waals surface area contributed by atoms with Gasteiger partial charge in [0.1, 0.15) is 12.6 Å². The number of carboxylic acids is 1. The predicted molar refractivity (Wildman–Crippen MR) is 133 cm³/mol. The van der Waals surface area contributed by atoms with E-state index in [0.717, 1.165) is 22.3 Å². The van der Waals surface area contributed by atoms with E-state index in [1.807, 2.05) is 50.2 Å². The number of nitrogens with one attached hydrogen (secondary N) is 2. The summed E-state index contributed by atoms with van der Waals surface area (Å²) >= 11 is 0. The molecule has 1 aliphatic carbocycles. The molecule has 4 rings (SSSR count). The molecule has 3 aromatic carbocycles. The van der Waals surface area contributed by atoms with Crippen molar-refractivity contribution in [3.8, 4) is 11.1 Å². The number of carboxylic acid groups (broad SMARTS) is 1. The van der Waals surface area contributed by atoms with E-state index in [4.69, 9.17) is 9.84 Å². The Morgan fingerprint density at radius 1 is 0.886 bits per heavy atom. The first-order valence-electron chi connectivity index (χ1n) is 11.6. The van der Waals surface area contributed by atoms with E-state index in [1.165, 1.54) is 24.3 Å². The molecule has 0 saturated carbocycles. The summed E-state index contributed by atoms with van der Waals surface area (Å²) < 4.78 is 5.60. The van der Waals surface area contributed by atoms with Gasteiger partial charge < -0.3 is 20.5 Å². The van der Waals surface area contributed by atoms with Crippen LogP contribution in [0.1, 0.15) is 47.7 Å². The highest BCUT2D eigenvalue weighted by Crippen LogP contribution is 2.44. The van der Waals surface area contributed by atoms with Gasteiger partial charge in [0.05, 0.1) is 5.56 Å². The van der Waals surface area contributed by atoms with Crippen LogP contribution in [0.4, 0.5) is 10.5 Å². The molecule has 7 heteroatoms. The zero-order valence-electron chi connectivity index (χ0n) is 19.7. The Kier molecular flexibility index (Phi) is 7.15. The van der Waals surface area contributed by atoms with Crippen LogP contribution in [-0.4, -0.2) is 35.7 Å². The molecule has 0 radical (unpaired) electrons. The Morgan fingerprint density at radius 2 is 1.46 bits per heavy atom. The van der Waals surface area contributed by atoms with E-state index in [1.54, 1.807) is 0 Å². The standard InChI is InChI=1S/C28H28N2O5/c1-17(2)15-25(26(31)29-19-13-11-18(12-14-19)27(32)33)30-28(34)35-16-24-22-9-5-3-7-20(22)21-8-4-6-10-23(21)24/h3-14,17,24-25H,15-16H2,1-2H3,(H,29,31)(H,30,34)(H,32,33)/t25-/m0/s1. The lowest BCUT2D eigenvalue weighted by Gasteiger charge is -2.21. The number of amides is 2. The third-order valence-electron chi connectivity index (χ3n) is 6.06. The van der Waals surface area contributed by atoms with Gasteiger partial charge in [0, 0.05) is 11.6 Å². The maximum atomic E-state index is 12.9. The molecular weight excluding hydrogens is 444 g/mol. The Morgan fingerprint density at radius 3 is 2.00 bits per heavy atom. The molecule has 7 nitrogen and oxygen atoms in total. The number of benzene rings is 3. The van der Waals surface area contributed by atoms with Crippen LogP contribution >= 0.6 is 0 Å². The molecule has 1 aliphatic rings. The summed E-state index contributed by atoms with van der Waals surface area (Å²) in [5.41, 5.74) is 5.08. The number of ether oxygens (including phenoxy) is 1. The summed E-state index contributed by atoms with van der Waals surface area (Å²) in [5, 5.41) is 14.5. The van der Waals surface area contributed by atoms with Crippen LogP contribution in [0.3, 0.4) is 0 Å². The second-order valence-electron chi connectivity index (χ2n) is 9.02. The number of carbonyl (C=O) groups excluding carboxylic acids is 2. The average Bonchev–Trinajstić information content (AvgIpc) is 3.16. The molecular formula is C28H28N2O5. The lowest BCUT2D eigenvalue weighted by atomic mass is 9.98. The monoisotopic (exact) mass is 472 g/mol. The van der Waals surface area contributed by atoms with Gasteiger partial charge >= 0.3 is 12.1 Å². The molecule has 2 amide bonds. The fraction of sp³-hybridized carbons (Fsp3) is 0.250. The predicted octanol–water partition coefficient (Wildman–Crippen LogP) is 5.28. The van der Waals surface area contributed by atoms with Crippen molar-refractivity contribution >= 4 is 23.7 Å². The number of carbonyl (C=O) groups is 3. The Labute approximate surface area is 204 Å². The topological polar surface area (TPSA) is 105 Å². The first-order valence-corrected chi connectivity index (χ1v) is 11.6. The maximum Gasteiger partial charge on any atom is 0.407 e. The summed E-state index contributed by atoms with van der Waals surface area (Å²) in [6.07, 6.45) is -0.239. The van der Waals surface area contributed by atoms with Crippen molar-refractivity contribution in [2.45, 2.75) is 32.2 Å². The molecule has 3 N–H and O–H groups in total. The largest absolute Gasteiger partial charge is 0.478 e. The smallest absolute Gasteiger partial charge is 0.407 e. The summed E-state index contributed by atoms with van der Waals surface area (Å²) in [6.45, 7) is 4.08. The molecule has 3 aromatic rings. The minimum absolute atomic E-state index is 0.0710. The van der Waals surface area contributed by atoms with Crippen LogP contribution in [0.25, 0.3) is 11.1 Å². The van der Waals surface area contributed by atoms with Crippen LogP contribution in [0.15, 0.2) is 72.8 Å². The third-order valence-corrected chi connectivity index (χ3v) is 6.06. The van der Waals surface area contributed by atoms with Gasteiger partial charge in [-0.2, -0.15) is 0 Å². The Bertz CT molecular complexity index is 1190. The first-order chi connectivity index (χ1) is 16.8. The second-order valence-corrected chi connectivity index (χ2v) is 9.02. The fourth-order valence-electron chi connectivity index (χ4n) is 4.41. The Balaban J connectivity index is 1.41. The minimum atomic E-state index is -1.04. The normalized spacial score (nSPS) is 13.0. The molecule has 0 saturated heterocycles. The average molecular weight is 473 g/mol. The number of hydrogen-bond acceptors (Lipinski definition) is 4. The molecule has 0 aromatic heterocycles. The number of aromatic carboxylic acids is 1. The second kappa shape index (κ2) is 10.4. The summed E-state index contributed by atoms with van der Waals surface area (Å²) in [4.78, 5) is 36.6. The summed E-state index contributed by atoms with van der Waals surface area (Å²) in [6, 6.07) is 21.2. The highest BCUT2D eigenvalue weighted by molar-refractivity contribution is 5.97. The van der Waals surface area contributed by atoms with Crippen molar-refractivity contribution < 1.29 is 24.2 Å². The van der Waals surface area contributed by atoms with Crippen LogP contribution in [0.2, 0.25) is 0 Å². The third kappa shape index (κ3) is 5.51. The van der Waals surface area contributed by atoms with Crippen molar-refractivity contribution in [3.63, 3.8) is 0 Å². The van der Waals surface area contributed by atoms with Crippen molar-refractivity contribution in [1.29, 1.82) is 0 Å². The zero-order valence-corrected chi connectivity index (χ0v) is 19.7. The van der Waals surface area contributed by atoms with Gasteiger partial charge in [-0.25, -0.2) is 9.59 Å². The van der Waals surface area contributed by atoms with Crippen molar-refractivity contribution in [2.24, 2.45) is 5.92 Å². The van der Waals surface area contributed by atoms with Gasteiger partial charge in [-0.1, -0.05) is 62.4 Å². The summed E-state index contributed by atoms with van der Waals surface area (Å²) in [5.74, 6) is -1.36. The highest BCUT2D eigenvalue weighted by atomic mass is 16.5. The minimum Gasteiger partial charge on any atom is -0.478 e. The molecule has 35 heavy (non-hydrogen) atoms. The zero-order chi connectivity index (χ0) is 24.9. The van der Waals surface area contributed by atoms with Crippen LogP contribution in [-0.2, 0) is 9.53 Å². The molecule has 0 unspecified atom stereocenters.